The first-order valence-corrected chi connectivity index (χ1v) is 7.66. The number of hydrogen-bond acceptors (Lipinski definition) is 6. The van der Waals surface area contributed by atoms with Crippen LogP contribution in [0.4, 0.5) is 0 Å². The van der Waals surface area contributed by atoms with Gasteiger partial charge in [0.25, 0.3) is 0 Å². The molecule has 0 aromatic carbocycles. The molecule has 3 heterocycles. The van der Waals surface area contributed by atoms with Crippen LogP contribution in [0.3, 0.4) is 0 Å². The largest absolute Gasteiger partial charge is 0.476 e. The molecule has 10 heteroatoms. The summed E-state index contributed by atoms with van der Waals surface area (Å²) in [6.07, 6.45) is 1.95. The predicted molar refractivity (Wildman–Crippen MR) is 79.4 cm³/mol. The predicted octanol–water partition coefficient (Wildman–Crippen LogP) is -0.966. The molecule has 3 rings (SSSR count). The molecule has 4 N–H and O–H groups in total. The lowest BCUT2D eigenvalue weighted by molar-refractivity contribution is -0.156. The first-order chi connectivity index (χ1) is 10.8. The second kappa shape index (κ2) is 5.39. The van der Waals surface area contributed by atoms with Crippen molar-refractivity contribution in [2.24, 2.45) is 11.7 Å². The molecule has 0 spiro atoms. The lowest BCUT2D eigenvalue weighted by Crippen LogP contribution is -2.60. The van der Waals surface area contributed by atoms with Crippen molar-refractivity contribution in [1.29, 1.82) is 0 Å². The molecule has 3 atom stereocenters. The first-order valence-electron chi connectivity index (χ1n) is 6.78. The third-order valence-electron chi connectivity index (χ3n) is 3.71. The number of nitrogens with zero attached hydrogens (tertiary/aromatic N) is 3. The van der Waals surface area contributed by atoms with Crippen molar-refractivity contribution < 1.29 is 24.6 Å². The molecule has 0 saturated carbocycles. The van der Waals surface area contributed by atoms with Crippen molar-refractivity contribution >= 4 is 34.6 Å². The van der Waals surface area contributed by atoms with Gasteiger partial charge in [-0.05, 0) is 6.92 Å². The highest BCUT2D eigenvalue weighted by molar-refractivity contribution is 8.08. The summed E-state index contributed by atoms with van der Waals surface area (Å²) in [4.78, 5) is 39.8. The number of rotatable bonds is 5. The standard InChI is InChI=1S/C13H14N4O5S/c1-5(18)8-10(20)17-9(13(21)22)12(23-11(8)17)16-3-6(15-4-16)2-7(14)19/h3-5,8,11,18H,2H2,1H3,(H2,14,19)(H,21,22)/t5-,8+,11-/m1/s1. The number of thioether (sulfide) groups is 1. The van der Waals surface area contributed by atoms with Crippen LogP contribution in [0.15, 0.2) is 18.2 Å². The number of aliphatic hydroxyl groups excluding tert-OH is 1. The van der Waals surface area contributed by atoms with Crippen molar-refractivity contribution in [2.45, 2.75) is 24.8 Å². The molecule has 0 bridgehead atoms. The second-order valence-electron chi connectivity index (χ2n) is 5.36. The van der Waals surface area contributed by atoms with Gasteiger partial charge in [-0.1, -0.05) is 11.8 Å². The van der Waals surface area contributed by atoms with Crippen LogP contribution in [0.2, 0.25) is 0 Å². The SMILES string of the molecule is C[C@@H](O)[C@H]1C(=O)N2C(C(=O)O)=C(n3cnc(CC(N)=O)c3)S[C@H]12. The van der Waals surface area contributed by atoms with E-state index in [4.69, 9.17) is 5.73 Å². The zero-order chi connectivity index (χ0) is 16.9. The fourth-order valence-electron chi connectivity index (χ4n) is 2.69. The van der Waals surface area contributed by atoms with Crippen LogP contribution in [0.5, 0.6) is 0 Å². The zero-order valence-electron chi connectivity index (χ0n) is 12.0. The maximum absolute atomic E-state index is 12.1. The fraction of sp³-hybridized carbons (Fsp3) is 0.385. The number of carboxylic acids is 1. The zero-order valence-corrected chi connectivity index (χ0v) is 12.9. The minimum Gasteiger partial charge on any atom is -0.476 e. The van der Waals surface area contributed by atoms with Gasteiger partial charge < -0.3 is 15.9 Å². The number of carbonyl (C=O) groups excluding carboxylic acids is 2. The summed E-state index contributed by atoms with van der Waals surface area (Å²) in [5.74, 6) is -2.84. The molecule has 2 aliphatic heterocycles. The van der Waals surface area contributed by atoms with Gasteiger partial charge in [0.05, 0.1) is 30.5 Å². The van der Waals surface area contributed by atoms with Gasteiger partial charge in [-0.25, -0.2) is 9.78 Å². The number of β-lactam (4-membered cyclic amide) rings is 1. The van der Waals surface area contributed by atoms with Crippen LogP contribution in [0.25, 0.3) is 5.03 Å². The molecule has 1 fully saturated rings. The number of carbonyl (C=O) groups is 3. The molecule has 0 unspecified atom stereocenters. The number of hydrogen-bond donors (Lipinski definition) is 3. The molecule has 9 nitrogen and oxygen atoms in total. The summed E-state index contributed by atoms with van der Waals surface area (Å²) < 4.78 is 1.46. The Hall–Kier alpha value is -2.33. The van der Waals surface area contributed by atoms with Crippen LogP contribution in [-0.2, 0) is 20.8 Å². The summed E-state index contributed by atoms with van der Waals surface area (Å²) in [5.41, 5.74) is 5.36. The molecular weight excluding hydrogens is 324 g/mol. The normalized spacial score (nSPS) is 24.4. The average molecular weight is 338 g/mol. The molecule has 0 aliphatic carbocycles. The van der Waals surface area contributed by atoms with E-state index in [-0.39, 0.29) is 12.1 Å². The van der Waals surface area contributed by atoms with Gasteiger partial charge in [0.1, 0.15) is 10.4 Å². The number of imidazole rings is 1. The second-order valence-corrected chi connectivity index (χ2v) is 6.46. The third kappa shape index (κ3) is 2.39. The van der Waals surface area contributed by atoms with E-state index in [9.17, 15) is 24.6 Å². The Balaban J connectivity index is 1.95. The van der Waals surface area contributed by atoms with Gasteiger partial charge in [0.2, 0.25) is 11.8 Å². The van der Waals surface area contributed by atoms with Crippen LogP contribution in [0, 0.1) is 5.92 Å². The van der Waals surface area contributed by atoms with E-state index in [0.717, 1.165) is 0 Å². The molecule has 122 valence electrons. The summed E-state index contributed by atoms with van der Waals surface area (Å²) >= 11 is 1.17. The monoisotopic (exact) mass is 338 g/mol. The molecular formula is C13H14N4O5S. The Morgan fingerprint density at radius 2 is 2.22 bits per heavy atom. The molecule has 1 aromatic rings. The topological polar surface area (TPSA) is 139 Å². The van der Waals surface area contributed by atoms with Gasteiger partial charge >= 0.3 is 5.97 Å². The molecule has 2 aliphatic rings. The van der Waals surface area contributed by atoms with E-state index in [1.807, 2.05) is 0 Å². The first kappa shape index (κ1) is 15.6. The molecule has 2 amide bonds. The van der Waals surface area contributed by atoms with E-state index in [2.05, 4.69) is 4.98 Å². The summed E-state index contributed by atoms with van der Waals surface area (Å²) in [6, 6.07) is 0. The van der Waals surface area contributed by atoms with Crippen molar-refractivity contribution in [3.63, 3.8) is 0 Å². The Labute approximate surface area is 134 Å². The Kier molecular flexibility index (Phi) is 3.65. The number of carboxylic acid groups (broad SMARTS) is 1. The van der Waals surface area contributed by atoms with Crippen LogP contribution >= 0.6 is 11.8 Å². The summed E-state index contributed by atoms with van der Waals surface area (Å²) in [7, 11) is 0. The summed E-state index contributed by atoms with van der Waals surface area (Å²) in [6.45, 7) is 1.50. The maximum atomic E-state index is 12.1. The molecule has 1 saturated heterocycles. The van der Waals surface area contributed by atoms with Gasteiger partial charge in [0.15, 0.2) is 5.70 Å². The van der Waals surface area contributed by atoms with Crippen molar-refractivity contribution in [2.75, 3.05) is 0 Å². The van der Waals surface area contributed by atoms with Crippen molar-refractivity contribution in [3.05, 3.63) is 23.9 Å². The quantitative estimate of drug-likeness (QED) is 0.587. The Bertz CT molecular complexity index is 740. The highest BCUT2D eigenvalue weighted by atomic mass is 32.2. The molecule has 23 heavy (non-hydrogen) atoms. The van der Waals surface area contributed by atoms with E-state index in [1.165, 1.54) is 40.7 Å². The number of nitrogens with two attached hydrogens (primary N) is 1. The van der Waals surface area contributed by atoms with E-state index in [0.29, 0.717) is 10.7 Å². The minimum atomic E-state index is -1.24. The number of fused-ring (bicyclic) bond motifs is 1. The smallest absolute Gasteiger partial charge is 0.355 e. The number of aliphatic carboxylic acids is 1. The number of primary amides is 1. The number of aromatic nitrogens is 2. The highest BCUT2D eigenvalue weighted by Gasteiger charge is 2.58. The average Bonchev–Trinajstić information content (AvgIpc) is 2.99. The molecule has 0 radical (unpaired) electrons. The van der Waals surface area contributed by atoms with Gasteiger partial charge in [0, 0.05) is 6.20 Å². The van der Waals surface area contributed by atoms with Gasteiger partial charge in [-0.15, -0.1) is 0 Å². The minimum absolute atomic E-state index is 0.0598. The van der Waals surface area contributed by atoms with Gasteiger partial charge in [-0.2, -0.15) is 0 Å². The van der Waals surface area contributed by atoms with E-state index < -0.39 is 35.2 Å². The van der Waals surface area contributed by atoms with Crippen LogP contribution < -0.4 is 5.73 Å². The highest BCUT2D eigenvalue weighted by Crippen LogP contribution is 2.51. The third-order valence-corrected chi connectivity index (χ3v) is 5.08. The van der Waals surface area contributed by atoms with E-state index >= 15 is 0 Å². The van der Waals surface area contributed by atoms with Crippen molar-refractivity contribution in [3.8, 4) is 0 Å². The number of amides is 2. The van der Waals surface area contributed by atoms with Crippen LogP contribution in [0.1, 0.15) is 12.6 Å². The van der Waals surface area contributed by atoms with Gasteiger partial charge in [-0.3, -0.25) is 19.1 Å². The summed E-state index contributed by atoms with van der Waals surface area (Å²) in [5, 5.41) is 19.0. The van der Waals surface area contributed by atoms with Crippen molar-refractivity contribution in [1.82, 2.24) is 14.5 Å². The maximum Gasteiger partial charge on any atom is 0.355 e. The Morgan fingerprint density at radius 1 is 1.52 bits per heavy atom. The Morgan fingerprint density at radius 3 is 2.78 bits per heavy atom. The lowest BCUT2D eigenvalue weighted by Gasteiger charge is -2.43. The van der Waals surface area contributed by atoms with Crippen LogP contribution in [-0.4, -0.2) is 53.9 Å². The lowest BCUT2D eigenvalue weighted by atomic mass is 9.92. The molecule has 1 aromatic heterocycles. The van der Waals surface area contributed by atoms with E-state index in [1.54, 1.807) is 0 Å². The number of aliphatic hydroxyl groups is 1. The fourth-order valence-corrected chi connectivity index (χ4v) is 4.24.